The highest BCUT2D eigenvalue weighted by molar-refractivity contribution is 7.99. The lowest BCUT2D eigenvalue weighted by molar-refractivity contribution is 0.0957. The van der Waals surface area contributed by atoms with Crippen LogP contribution in [0.5, 0.6) is 0 Å². The molecule has 0 radical (unpaired) electrons. The van der Waals surface area contributed by atoms with Crippen LogP contribution in [0.1, 0.15) is 34.6 Å². The highest BCUT2D eigenvalue weighted by Gasteiger charge is 2.21. The van der Waals surface area contributed by atoms with Gasteiger partial charge in [-0.1, -0.05) is 42.1 Å². The second-order valence-electron chi connectivity index (χ2n) is 7.07. The predicted molar refractivity (Wildman–Crippen MR) is 110 cm³/mol. The van der Waals surface area contributed by atoms with E-state index in [4.69, 9.17) is 4.74 Å². The highest BCUT2D eigenvalue weighted by atomic mass is 32.2. The zero-order valence-electron chi connectivity index (χ0n) is 16.1. The van der Waals surface area contributed by atoms with Crippen molar-refractivity contribution in [3.8, 4) is 11.4 Å². The number of carbonyl (C=O) groups excluding carboxylic acids is 1. The molecule has 0 aliphatic carbocycles. The predicted octanol–water partition coefficient (Wildman–Crippen LogP) is 4.04. The maximum absolute atomic E-state index is 12.8. The SMILES string of the molecule is Cc1cc(C(=O)CSc2n[nH]c(-c3ccccc3)n2)c(C)n1C[C@H]1CCCO1. The van der Waals surface area contributed by atoms with E-state index in [1.807, 2.05) is 50.2 Å². The maximum Gasteiger partial charge on any atom is 0.209 e. The van der Waals surface area contributed by atoms with Crippen LogP contribution in [0.2, 0.25) is 0 Å². The Labute approximate surface area is 168 Å². The molecule has 1 aliphatic rings. The number of aromatic nitrogens is 4. The Bertz CT molecular complexity index is 958. The van der Waals surface area contributed by atoms with Gasteiger partial charge in [0.2, 0.25) is 5.16 Å². The first kappa shape index (κ1) is 19.0. The van der Waals surface area contributed by atoms with E-state index in [0.717, 1.165) is 48.5 Å². The lowest BCUT2D eigenvalue weighted by atomic mass is 10.2. The van der Waals surface area contributed by atoms with Crippen molar-refractivity contribution >= 4 is 17.5 Å². The monoisotopic (exact) mass is 396 g/mol. The fourth-order valence-corrected chi connectivity index (χ4v) is 4.28. The molecule has 0 saturated carbocycles. The summed E-state index contributed by atoms with van der Waals surface area (Å²) in [6, 6.07) is 11.8. The number of ether oxygens (including phenoxy) is 1. The largest absolute Gasteiger partial charge is 0.376 e. The average molecular weight is 397 g/mol. The van der Waals surface area contributed by atoms with Gasteiger partial charge in [0, 0.05) is 35.7 Å². The van der Waals surface area contributed by atoms with Gasteiger partial charge < -0.3 is 9.30 Å². The molecule has 0 spiro atoms. The van der Waals surface area contributed by atoms with Gasteiger partial charge in [-0.25, -0.2) is 4.98 Å². The van der Waals surface area contributed by atoms with E-state index in [0.29, 0.717) is 16.7 Å². The molecule has 7 heteroatoms. The Hall–Kier alpha value is -2.38. The van der Waals surface area contributed by atoms with E-state index in [-0.39, 0.29) is 11.9 Å². The van der Waals surface area contributed by atoms with Crippen LogP contribution >= 0.6 is 11.8 Å². The minimum Gasteiger partial charge on any atom is -0.376 e. The first-order chi connectivity index (χ1) is 13.6. The van der Waals surface area contributed by atoms with Gasteiger partial charge in [-0.3, -0.25) is 9.89 Å². The van der Waals surface area contributed by atoms with E-state index < -0.39 is 0 Å². The molecular weight excluding hydrogens is 372 g/mol. The molecular formula is C21H24N4O2S. The number of ketones is 1. The summed E-state index contributed by atoms with van der Waals surface area (Å²) in [6.07, 6.45) is 2.46. The van der Waals surface area contributed by atoms with Crippen molar-refractivity contribution in [1.29, 1.82) is 0 Å². The standard InChI is InChI=1S/C21H24N4O2S/c1-14-11-18(15(2)25(14)12-17-9-6-10-27-17)19(26)13-28-21-22-20(23-24-21)16-7-4-3-5-8-16/h3-5,7-8,11,17H,6,9-10,12-13H2,1-2H3,(H,22,23,24)/t17-/m1/s1. The molecule has 3 aromatic rings. The Morgan fingerprint density at radius 1 is 1.32 bits per heavy atom. The van der Waals surface area contributed by atoms with E-state index in [2.05, 4.69) is 19.7 Å². The van der Waals surface area contributed by atoms with Crippen molar-refractivity contribution in [3.63, 3.8) is 0 Å². The molecule has 2 aromatic heterocycles. The van der Waals surface area contributed by atoms with Crippen LogP contribution < -0.4 is 0 Å². The average Bonchev–Trinajstić information content (AvgIpc) is 3.45. The summed E-state index contributed by atoms with van der Waals surface area (Å²) in [5.74, 6) is 1.13. The van der Waals surface area contributed by atoms with Crippen LogP contribution in [0, 0.1) is 13.8 Å². The van der Waals surface area contributed by atoms with Crippen molar-refractivity contribution in [2.45, 2.75) is 44.5 Å². The number of nitrogens with one attached hydrogen (secondary N) is 1. The van der Waals surface area contributed by atoms with Gasteiger partial charge in [-0.05, 0) is 32.8 Å². The van der Waals surface area contributed by atoms with Gasteiger partial charge in [-0.2, -0.15) is 0 Å². The first-order valence-corrected chi connectivity index (χ1v) is 10.5. The summed E-state index contributed by atoms with van der Waals surface area (Å²) in [4.78, 5) is 17.3. The number of H-pyrrole nitrogens is 1. The number of carbonyl (C=O) groups is 1. The zero-order chi connectivity index (χ0) is 19.5. The van der Waals surface area contributed by atoms with Crippen LogP contribution in [0.25, 0.3) is 11.4 Å². The smallest absolute Gasteiger partial charge is 0.209 e. The highest BCUT2D eigenvalue weighted by Crippen LogP contribution is 2.23. The molecule has 1 N–H and O–H groups in total. The molecule has 0 bridgehead atoms. The molecule has 1 aliphatic heterocycles. The van der Waals surface area contributed by atoms with Crippen LogP contribution in [-0.4, -0.2) is 44.0 Å². The molecule has 6 nitrogen and oxygen atoms in total. The first-order valence-electron chi connectivity index (χ1n) is 9.54. The van der Waals surface area contributed by atoms with Crippen molar-refractivity contribution < 1.29 is 9.53 Å². The molecule has 0 amide bonds. The van der Waals surface area contributed by atoms with Gasteiger partial charge in [0.25, 0.3) is 0 Å². The van der Waals surface area contributed by atoms with Gasteiger partial charge in [0.05, 0.1) is 11.9 Å². The zero-order valence-corrected chi connectivity index (χ0v) is 17.0. The number of hydrogen-bond donors (Lipinski definition) is 1. The van der Waals surface area contributed by atoms with Gasteiger partial charge in [-0.15, -0.1) is 5.10 Å². The third-order valence-electron chi connectivity index (χ3n) is 5.13. The molecule has 1 atom stereocenters. The molecule has 3 heterocycles. The number of aryl methyl sites for hydroxylation is 1. The van der Waals surface area contributed by atoms with Crippen molar-refractivity contribution in [2.24, 2.45) is 0 Å². The number of thioether (sulfide) groups is 1. The molecule has 1 aromatic carbocycles. The molecule has 146 valence electrons. The molecule has 0 unspecified atom stereocenters. The van der Waals surface area contributed by atoms with Crippen molar-refractivity contribution in [3.05, 3.63) is 53.3 Å². The van der Waals surface area contributed by atoms with Crippen molar-refractivity contribution in [1.82, 2.24) is 19.7 Å². The lowest BCUT2D eigenvalue weighted by Gasteiger charge is -2.14. The maximum atomic E-state index is 12.8. The van der Waals surface area contributed by atoms with Gasteiger partial charge >= 0.3 is 0 Å². The summed E-state index contributed by atoms with van der Waals surface area (Å²) in [5.41, 5.74) is 3.87. The lowest BCUT2D eigenvalue weighted by Crippen LogP contribution is -2.17. The second-order valence-corrected chi connectivity index (χ2v) is 8.02. The van der Waals surface area contributed by atoms with Gasteiger partial charge in [0.15, 0.2) is 11.6 Å². The molecule has 4 rings (SSSR count). The second kappa shape index (κ2) is 8.32. The number of Topliss-reactive ketones (excluding diaryl/α,β-unsaturated/α-hetero) is 1. The van der Waals surface area contributed by atoms with E-state index in [1.54, 1.807) is 0 Å². The Kier molecular flexibility index (Phi) is 5.64. The quantitative estimate of drug-likeness (QED) is 0.482. The molecule has 28 heavy (non-hydrogen) atoms. The Balaban J connectivity index is 1.41. The number of rotatable bonds is 7. The van der Waals surface area contributed by atoms with Gasteiger partial charge in [0.1, 0.15) is 0 Å². The summed E-state index contributed by atoms with van der Waals surface area (Å²) >= 11 is 1.36. The Morgan fingerprint density at radius 2 is 2.14 bits per heavy atom. The third kappa shape index (κ3) is 4.05. The summed E-state index contributed by atoms with van der Waals surface area (Å²) in [7, 11) is 0. The van der Waals surface area contributed by atoms with Crippen LogP contribution in [0.4, 0.5) is 0 Å². The van der Waals surface area contributed by atoms with Crippen LogP contribution in [0.3, 0.4) is 0 Å². The minimum absolute atomic E-state index is 0.0998. The molecule has 1 fully saturated rings. The summed E-state index contributed by atoms with van der Waals surface area (Å²) in [6.45, 7) is 5.72. The summed E-state index contributed by atoms with van der Waals surface area (Å²) in [5, 5.41) is 7.75. The van der Waals surface area contributed by atoms with Crippen molar-refractivity contribution in [2.75, 3.05) is 12.4 Å². The number of nitrogens with zero attached hydrogens (tertiary/aromatic N) is 3. The summed E-state index contributed by atoms with van der Waals surface area (Å²) < 4.78 is 7.95. The number of hydrogen-bond acceptors (Lipinski definition) is 5. The van der Waals surface area contributed by atoms with E-state index in [1.165, 1.54) is 11.8 Å². The fraction of sp³-hybridized carbons (Fsp3) is 0.381. The van der Waals surface area contributed by atoms with Crippen LogP contribution in [0.15, 0.2) is 41.6 Å². The fourth-order valence-electron chi connectivity index (χ4n) is 3.60. The number of benzene rings is 1. The molecule has 1 saturated heterocycles. The third-order valence-corrected chi connectivity index (χ3v) is 5.98. The van der Waals surface area contributed by atoms with E-state index in [9.17, 15) is 4.79 Å². The Morgan fingerprint density at radius 3 is 2.89 bits per heavy atom. The number of aromatic amines is 1. The van der Waals surface area contributed by atoms with Crippen LogP contribution in [-0.2, 0) is 11.3 Å². The topological polar surface area (TPSA) is 72.8 Å². The minimum atomic E-state index is 0.0998. The van der Waals surface area contributed by atoms with E-state index >= 15 is 0 Å². The normalized spacial score (nSPS) is 16.6.